The molecule has 0 amide bonds. The maximum absolute atomic E-state index is 11.6. The number of carbonyl (C=O) groups excluding carboxylic acids is 1. The van der Waals surface area contributed by atoms with Crippen LogP contribution in [0.25, 0.3) is 0 Å². The molecule has 0 aliphatic heterocycles. The number of esters is 1. The molecule has 0 unspecified atom stereocenters. The summed E-state index contributed by atoms with van der Waals surface area (Å²) in [4.78, 5) is 22.1. The fraction of sp³-hybridized carbons (Fsp3) is 0.462. The van der Waals surface area contributed by atoms with E-state index in [1.807, 2.05) is 0 Å². The second kappa shape index (κ2) is 5.16. The highest BCUT2D eigenvalue weighted by atomic mass is 16.6. The Hall–Kier alpha value is -1.91. The van der Waals surface area contributed by atoms with Gasteiger partial charge in [-0.05, 0) is 33.3 Å². The van der Waals surface area contributed by atoms with Crippen molar-refractivity contribution in [1.82, 2.24) is 0 Å². The predicted octanol–water partition coefficient (Wildman–Crippen LogP) is 2.99. The average Bonchev–Trinajstić information content (AvgIpc) is 2.25. The number of ether oxygens (including phenoxy) is 1. The molecule has 0 saturated carbocycles. The summed E-state index contributed by atoms with van der Waals surface area (Å²) in [7, 11) is 0. The van der Waals surface area contributed by atoms with Crippen molar-refractivity contribution in [3.8, 4) is 0 Å². The van der Waals surface area contributed by atoms with Crippen LogP contribution in [0.2, 0.25) is 0 Å². The van der Waals surface area contributed by atoms with E-state index >= 15 is 0 Å². The van der Waals surface area contributed by atoms with E-state index in [1.165, 1.54) is 6.07 Å². The molecule has 1 rings (SSSR count). The Morgan fingerprint density at radius 3 is 2.50 bits per heavy atom. The van der Waals surface area contributed by atoms with Gasteiger partial charge >= 0.3 is 5.97 Å². The van der Waals surface area contributed by atoms with E-state index < -0.39 is 10.3 Å². The third-order valence-corrected chi connectivity index (χ3v) is 2.54. The fourth-order valence-electron chi connectivity index (χ4n) is 1.40. The largest absolute Gasteiger partial charge is 0.460 e. The number of aryl methyl sites for hydroxylation is 1. The lowest BCUT2D eigenvalue weighted by Crippen LogP contribution is -2.23. The number of nitro groups is 1. The zero-order chi connectivity index (χ0) is 13.9. The van der Waals surface area contributed by atoms with E-state index in [2.05, 4.69) is 0 Å². The summed E-state index contributed by atoms with van der Waals surface area (Å²) in [5, 5.41) is 10.9. The van der Waals surface area contributed by atoms with Crippen molar-refractivity contribution in [2.75, 3.05) is 0 Å². The lowest BCUT2D eigenvalue weighted by Gasteiger charge is -2.17. The van der Waals surface area contributed by atoms with Crippen molar-refractivity contribution < 1.29 is 14.5 Å². The summed E-state index contributed by atoms with van der Waals surface area (Å²) in [5.74, 6) is -0.375. The van der Waals surface area contributed by atoms with Crippen LogP contribution in [0.3, 0.4) is 0 Å². The molecule has 1 aromatic rings. The molecular weight excluding hydrogens is 234 g/mol. The van der Waals surface area contributed by atoms with Crippen LogP contribution in [0.15, 0.2) is 18.2 Å². The van der Waals surface area contributed by atoms with Crippen molar-refractivity contribution in [3.05, 3.63) is 39.4 Å². The van der Waals surface area contributed by atoms with Crippen LogP contribution < -0.4 is 0 Å². The first-order valence-corrected chi connectivity index (χ1v) is 5.63. The molecule has 5 nitrogen and oxygen atoms in total. The maximum Gasteiger partial charge on any atom is 0.311 e. The fourth-order valence-corrected chi connectivity index (χ4v) is 1.40. The van der Waals surface area contributed by atoms with E-state index in [1.54, 1.807) is 39.8 Å². The lowest BCUT2D eigenvalue weighted by molar-refractivity contribution is -0.385. The molecule has 0 aliphatic carbocycles. The first-order valence-electron chi connectivity index (χ1n) is 5.63. The number of nitro benzene ring substituents is 1. The molecule has 0 bridgehead atoms. The van der Waals surface area contributed by atoms with Crippen LogP contribution in [0.1, 0.15) is 31.9 Å². The molecule has 0 N–H and O–H groups in total. The monoisotopic (exact) mass is 251 g/mol. The normalized spacial score (nSPS) is 11.1. The maximum atomic E-state index is 11.6. The highest BCUT2D eigenvalue weighted by molar-refractivity contribution is 5.75. The second-order valence-electron chi connectivity index (χ2n) is 5.16. The first kappa shape index (κ1) is 14.2. The predicted molar refractivity (Wildman–Crippen MR) is 67.1 cm³/mol. The van der Waals surface area contributed by atoms with Gasteiger partial charge in [0.2, 0.25) is 0 Å². The van der Waals surface area contributed by atoms with Crippen LogP contribution >= 0.6 is 0 Å². The van der Waals surface area contributed by atoms with E-state index in [9.17, 15) is 14.9 Å². The average molecular weight is 251 g/mol. The molecule has 98 valence electrons. The van der Waals surface area contributed by atoms with Gasteiger partial charge in [0.05, 0.1) is 15.9 Å². The van der Waals surface area contributed by atoms with Gasteiger partial charge in [0.1, 0.15) is 6.61 Å². The second-order valence-corrected chi connectivity index (χ2v) is 5.16. The van der Waals surface area contributed by atoms with E-state index in [-0.39, 0.29) is 18.3 Å². The number of hydrogen-bond donors (Lipinski definition) is 0. The molecule has 5 heteroatoms. The molecule has 0 saturated heterocycles. The van der Waals surface area contributed by atoms with Gasteiger partial charge in [-0.25, -0.2) is 0 Å². The van der Waals surface area contributed by atoms with Crippen LogP contribution in [0.4, 0.5) is 5.69 Å². The van der Waals surface area contributed by atoms with Gasteiger partial charge in [-0.2, -0.15) is 0 Å². The summed E-state index contributed by atoms with van der Waals surface area (Å²) in [6.07, 6.45) is 0. The number of hydrogen-bond acceptors (Lipinski definition) is 4. The summed E-state index contributed by atoms with van der Waals surface area (Å²) in [5.41, 5.74) is 0.556. The lowest BCUT2D eigenvalue weighted by atomic mass is 9.97. The van der Waals surface area contributed by atoms with Crippen LogP contribution in [0.5, 0.6) is 0 Å². The molecule has 0 heterocycles. The van der Waals surface area contributed by atoms with Crippen molar-refractivity contribution >= 4 is 11.7 Å². The molecule has 0 atom stereocenters. The Labute approximate surface area is 106 Å². The summed E-state index contributed by atoms with van der Waals surface area (Å²) in [6.45, 7) is 6.90. The van der Waals surface area contributed by atoms with Gasteiger partial charge in [0, 0.05) is 6.07 Å². The molecular formula is C13H17NO4. The van der Waals surface area contributed by atoms with Crippen LogP contribution in [0, 0.1) is 22.5 Å². The quantitative estimate of drug-likeness (QED) is 0.470. The van der Waals surface area contributed by atoms with Gasteiger partial charge in [-0.1, -0.05) is 12.1 Å². The van der Waals surface area contributed by atoms with Gasteiger partial charge in [0.25, 0.3) is 5.69 Å². The third-order valence-electron chi connectivity index (χ3n) is 2.54. The van der Waals surface area contributed by atoms with Gasteiger partial charge in [0.15, 0.2) is 0 Å². The Kier molecular flexibility index (Phi) is 4.06. The molecule has 0 spiro atoms. The minimum absolute atomic E-state index is 0.0169. The van der Waals surface area contributed by atoms with Gasteiger partial charge in [-0.3, -0.25) is 14.9 Å². The molecule has 1 aromatic carbocycles. The molecule has 0 radical (unpaired) electrons. The summed E-state index contributed by atoms with van der Waals surface area (Å²) >= 11 is 0. The Balaban J connectivity index is 2.92. The zero-order valence-corrected chi connectivity index (χ0v) is 11.0. The topological polar surface area (TPSA) is 69.4 Å². The highest BCUT2D eigenvalue weighted by Gasteiger charge is 2.24. The van der Waals surface area contributed by atoms with E-state index in [4.69, 9.17) is 4.74 Å². The number of carbonyl (C=O) groups is 1. The highest BCUT2D eigenvalue weighted by Crippen LogP contribution is 2.24. The molecule has 18 heavy (non-hydrogen) atoms. The van der Waals surface area contributed by atoms with Gasteiger partial charge < -0.3 is 4.74 Å². The standard InChI is InChI=1S/C13H17NO4/c1-9-6-5-7-11(14(16)17)10(9)8-18-12(15)13(2,3)4/h5-7H,8H2,1-4H3. The van der Waals surface area contributed by atoms with Crippen molar-refractivity contribution in [2.45, 2.75) is 34.3 Å². The number of rotatable bonds is 3. The van der Waals surface area contributed by atoms with E-state index in [0.29, 0.717) is 5.56 Å². The number of nitrogens with zero attached hydrogens (tertiary/aromatic N) is 1. The summed E-state index contributed by atoms with van der Waals surface area (Å²) in [6, 6.07) is 4.78. The summed E-state index contributed by atoms with van der Waals surface area (Å²) < 4.78 is 5.12. The Bertz CT molecular complexity index is 474. The van der Waals surface area contributed by atoms with Crippen LogP contribution in [-0.4, -0.2) is 10.9 Å². The third kappa shape index (κ3) is 3.29. The van der Waals surface area contributed by atoms with Gasteiger partial charge in [-0.15, -0.1) is 0 Å². The Morgan fingerprint density at radius 1 is 1.39 bits per heavy atom. The SMILES string of the molecule is Cc1cccc([N+](=O)[O-])c1COC(=O)C(C)(C)C. The van der Waals surface area contributed by atoms with E-state index in [0.717, 1.165) is 5.56 Å². The Morgan fingerprint density at radius 2 is 2.00 bits per heavy atom. The van der Waals surface area contributed by atoms with Crippen molar-refractivity contribution in [3.63, 3.8) is 0 Å². The molecule has 0 aromatic heterocycles. The minimum atomic E-state index is -0.614. The van der Waals surface area contributed by atoms with Crippen molar-refractivity contribution in [1.29, 1.82) is 0 Å². The number of benzene rings is 1. The molecule has 0 aliphatic rings. The molecule has 0 fully saturated rings. The first-order chi connectivity index (χ1) is 8.23. The zero-order valence-electron chi connectivity index (χ0n) is 11.0. The van der Waals surface area contributed by atoms with Crippen molar-refractivity contribution in [2.24, 2.45) is 5.41 Å². The minimum Gasteiger partial charge on any atom is -0.460 e. The smallest absolute Gasteiger partial charge is 0.311 e. The van der Waals surface area contributed by atoms with Crippen LogP contribution in [-0.2, 0) is 16.1 Å².